The summed E-state index contributed by atoms with van der Waals surface area (Å²) in [5.74, 6) is -0.117. The van der Waals surface area contributed by atoms with Gasteiger partial charge in [-0.3, -0.25) is 4.79 Å². The summed E-state index contributed by atoms with van der Waals surface area (Å²) in [5, 5.41) is 5.83. The van der Waals surface area contributed by atoms with Crippen LogP contribution >= 0.6 is 24.0 Å². The molecule has 1 amide bonds. The highest BCUT2D eigenvalue weighted by molar-refractivity contribution is 8.26. The summed E-state index contributed by atoms with van der Waals surface area (Å²) >= 11 is 6.23. The Morgan fingerprint density at radius 2 is 2.35 bits per heavy atom. The van der Waals surface area contributed by atoms with Gasteiger partial charge >= 0.3 is 0 Å². The van der Waals surface area contributed by atoms with Gasteiger partial charge in [-0.15, -0.1) is 0 Å². The summed E-state index contributed by atoms with van der Waals surface area (Å²) in [6, 6.07) is 7.92. The van der Waals surface area contributed by atoms with E-state index in [1.165, 1.54) is 11.8 Å². The topological polar surface area (TPSA) is 41.1 Å². The van der Waals surface area contributed by atoms with E-state index in [2.05, 4.69) is 10.6 Å². The summed E-state index contributed by atoms with van der Waals surface area (Å²) in [5.41, 5.74) is 2.04. The molecule has 1 aromatic rings. The SMILES string of the molecule is CCNc1cccc(C=C2SC(=S)NC2=O)c1. The second-order valence-corrected chi connectivity index (χ2v) is 5.23. The first-order chi connectivity index (χ1) is 8.19. The highest BCUT2D eigenvalue weighted by Crippen LogP contribution is 2.26. The Morgan fingerprint density at radius 3 is 3.00 bits per heavy atom. The molecule has 0 atom stereocenters. The lowest BCUT2D eigenvalue weighted by Gasteiger charge is -2.03. The predicted molar refractivity (Wildman–Crippen MR) is 76.9 cm³/mol. The number of hydrogen-bond acceptors (Lipinski definition) is 4. The van der Waals surface area contributed by atoms with Crippen LogP contribution in [0.5, 0.6) is 0 Å². The Labute approximate surface area is 110 Å². The number of thioether (sulfide) groups is 1. The van der Waals surface area contributed by atoms with Crippen LogP contribution in [0.25, 0.3) is 6.08 Å². The molecule has 0 radical (unpaired) electrons. The van der Waals surface area contributed by atoms with Gasteiger partial charge in [-0.1, -0.05) is 36.1 Å². The van der Waals surface area contributed by atoms with Crippen molar-refractivity contribution in [3.63, 3.8) is 0 Å². The standard InChI is InChI=1S/C12H12N2OS2/c1-2-13-9-5-3-4-8(6-9)7-10-11(15)14-12(16)17-10/h3-7,13H,2H2,1H3,(H,14,15,16). The van der Waals surface area contributed by atoms with Crippen LogP contribution in [0, 0.1) is 0 Å². The van der Waals surface area contributed by atoms with E-state index >= 15 is 0 Å². The summed E-state index contributed by atoms with van der Waals surface area (Å²) in [6.45, 7) is 2.92. The second-order valence-electron chi connectivity index (χ2n) is 3.51. The van der Waals surface area contributed by atoms with Crippen LogP contribution in [0.15, 0.2) is 29.2 Å². The number of rotatable bonds is 3. The molecule has 2 N–H and O–H groups in total. The molecule has 5 heteroatoms. The number of carbonyl (C=O) groups is 1. The largest absolute Gasteiger partial charge is 0.385 e. The van der Waals surface area contributed by atoms with Crippen molar-refractivity contribution in [2.75, 3.05) is 11.9 Å². The molecule has 0 unspecified atom stereocenters. The summed E-state index contributed by atoms with van der Waals surface area (Å²) < 4.78 is 0.518. The fourth-order valence-corrected chi connectivity index (χ4v) is 2.56. The number of carbonyl (C=O) groups excluding carboxylic acids is 1. The molecule has 1 saturated heterocycles. The lowest BCUT2D eigenvalue weighted by Crippen LogP contribution is -2.17. The maximum absolute atomic E-state index is 11.5. The van der Waals surface area contributed by atoms with Crippen molar-refractivity contribution in [2.45, 2.75) is 6.92 Å². The normalized spacial score (nSPS) is 17.4. The highest BCUT2D eigenvalue weighted by atomic mass is 32.2. The molecule has 17 heavy (non-hydrogen) atoms. The molecule has 2 rings (SSSR count). The number of amides is 1. The third-order valence-corrected chi connectivity index (χ3v) is 3.37. The molecule has 0 aromatic heterocycles. The van der Waals surface area contributed by atoms with Gasteiger partial charge in [0.15, 0.2) is 0 Å². The van der Waals surface area contributed by atoms with Crippen LogP contribution < -0.4 is 10.6 Å². The zero-order valence-corrected chi connectivity index (χ0v) is 11.0. The van der Waals surface area contributed by atoms with Crippen molar-refractivity contribution in [3.05, 3.63) is 34.7 Å². The highest BCUT2D eigenvalue weighted by Gasteiger charge is 2.21. The number of benzene rings is 1. The van der Waals surface area contributed by atoms with Gasteiger partial charge < -0.3 is 10.6 Å². The first-order valence-corrected chi connectivity index (χ1v) is 6.50. The van der Waals surface area contributed by atoms with E-state index in [0.29, 0.717) is 9.23 Å². The second kappa shape index (κ2) is 5.33. The minimum absolute atomic E-state index is 0.117. The minimum atomic E-state index is -0.117. The quantitative estimate of drug-likeness (QED) is 0.650. The van der Waals surface area contributed by atoms with E-state index in [0.717, 1.165) is 17.8 Å². The molecular formula is C12H12N2OS2. The molecule has 1 aromatic carbocycles. The first kappa shape index (κ1) is 12.1. The van der Waals surface area contributed by atoms with Gasteiger partial charge in [-0.2, -0.15) is 0 Å². The maximum Gasteiger partial charge on any atom is 0.263 e. The molecular weight excluding hydrogens is 252 g/mol. The van der Waals surface area contributed by atoms with Gasteiger partial charge in [-0.25, -0.2) is 0 Å². The molecule has 1 aliphatic heterocycles. The molecule has 88 valence electrons. The fourth-order valence-electron chi connectivity index (χ4n) is 1.51. The molecule has 1 fully saturated rings. The molecule has 0 spiro atoms. The summed E-state index contributed by atoms with van der Waals surface area (Å²) in [6.07, 6.45) is 1.85. The van der Waals surface area contributed by atoms with Crippen molar-refractivity contribution < 1.29 is 4.79 Å². The fraction of sp³-hybridized carbons (Fsp3) is 0.167. The van der Waals surface area contributed by atoms with E-state index in [1.807, 2.05) is 37.3 Å². The van der Waals surface area contributed by atoms with Crippen LogP contribution in [0.1, 0.15) is 12.5 Å². The average molecular weight is 264 g/mol. The van der Waals surface area contributed by atoms with E-state index in [1.54, 1.807) is 0 Å². The summed E-state index contributed by atoms with van der Waals surface area (Å²) in [7, 11) is 0. The van der Waals surface area contributed by atoms with E-state index in [9.17, 15) is 4.79 Å². The van der Waals surface area contributed by atoms with Crippen LogP contribution in [-0.4, -0.2) is 16.8 Å². The lowest BCUT2D eigenvalue weighted by atomic mass is 10.2. The predicted octanol–water partition coefficient (Wildman–Crippen LogP) is 2.61. The van der Waals surface area contributed by atoms with Crippen molar-refractivity contribution in [1.29, 1.82) is 0 Å². The van der Waals surface area contributed by atoms with Crippen LogP contribution in [-0.2, 0) is 4.79 Å². The first-order valence-electron chi connectivity index (χ1n) is 5.28. The molecule has 1 heterocycles. The number of thiocarbonyl (C=S) groups is 1. The van der Waals surface area contributed by atoms with Crippen molar-refractivity contribution in [2.24, 2.45) is 0 Å². The molecule has 0 saturated carbocycles. The molecule has 1 aliphatic rings. The van der Waals surface area contributed by atoms with Gasteiger partial charge in [0.2, 0.25) is 0 Å². The molecule has 3 nitrogen and oxygen atoms in total. The maximum atomic E-state index is 11.5. The van der Waals surface area contributed by atoms with E-state index in [-0.39, 0.29) is 5.91 Å². The van der Waals surface area contributed by atoms with E-state index < -0.39 is 0 Å². The van der Waals surface area contributed by atoms with Crippen LogP contribution in [0.2, 0.25) is 0 Å². The zero-order valence-electron chi connectivity index (χ0n) is 9.32. The Morgan fingerprint density at radius 1 is 1.53 bits per heavy atom. The third kappa shape index (κ3) is 3.08. The van der Waals surface area contributed by atoms with Gasteiger partial charge in [0.1, 0.15) is 4.32 Å². The average Bonchev–Trinajstić information content (AvgIpc) is 2.58. The Hall–Kier alpha value is -1.33. The lowest BCUT2D eigenvalue weighted by molar-refractivity contribution is -0.115. The van der Waals surface area contributed by atoms with Crippen LogP contribution in [0.3, 0.4) is 0 Å². The van der Waals surface area contributed by atoms with E-state index in [4.69, 9.17) is 12.2 Å². The molecule has 0 aliphatic carbocycles. The Kier molecular flexibility index (Phi) is 3.81. The van der Waals surface area contributed by atoms with Gasteiger partial charge in [0.25, 0.3) is 5.91 Å². The number of hydrogen-bond donors (Lipinski definition) is 2. The van der Waals surface area contributed by atoms with Gasteiger partial charge in [0.05, 0.1) is 4.91 Å². The number of anilines is 1. The Balaban J connectivity index is 2.23. The Bertz CT molecular complexity index is 497. The smallest absolute Gasteiger partial charge is 0.263 e. The van der Waals surface area contributed by atoms with Crippen molar-refractivity contribution in [3.8, 4) is 0 Å². The number of nitrogens with one attached hydrogen (secondary N) is 2. The minimum Gasteiger partial charge on any atom is -0.385 e. The zero-order chi connectivity index (χ0) is 12.3. The van der Waals surface area contributed by atoms with Crippen molar-refractivity contribution in [1.82, 2.24) is 5.32 Å². The van der Waals surface area contributed by atoms with Gasteiger partial charge in [-0.05, 0) is 30.7 Å². The molecule has 0 bridgehead atoms. The third-order valence-electron chi connectivity index (χ3n) is 2.21. The summed E-state index contributed by atoms with van der Waals surface area (Å²) in [4.78, 5) is 12.1. The van der Waals surface area contributed by atoms with Gasteiger partial charge in [0, 0.05) is 12.2 Å². The monoisotopic (exact) mass is 264 g/mol. The van der Waals surface area contributed by atoms with Crippen molar-refractivity contribution >= 4 is 46.0 Å². The van der Waals surface area contributed by atoms with Crippen LogP contribution in [0.4, 0.5) is 5.69 Å².